The molecule has 168 valence electrons. The Bertz CT molecular complexity index is 931. The number of piperazine rings is 1. The molecule has 0 bridgehead atoms. The minimum Gasteiger partial charge on any atom is -0.497 e. The maximum Gasteiger partial charge on any atom is 0.251 e. The van der Waals surface area contributed by atoms with Crippen LogP contribution in [-0.2, 0) is 11.8 Å². The van der Waals surface area contributed by atoms with Crippen LogP contribution in [0.5, 0.6) is 5.75 Å². The summed E-state index contributed by atoms with van der Waals surface area (Å²) in [7, 11) is 5.06. The first-order chi connectivity index (χ1) is 14.5. The van der Waals surface area contributed by atoms with E-state index in [1.807, 2.05) is 18.1 Å². The van der Waals surface area contributed by atoms with Gasteiger partial charge in [0, 0.05) is 52.0 Å². The smallest absolute Gasteiger partial charge is 0.251 e. The molecular weight excluding hydrogens is 513 g/mol. The SMILES string of the molecule is CN=C(NCCNC(=O)c1cccc(OC)c1)N1CCN(c2cnn(C)c2)C(=O)C1.I. The lowest BCUT2D eigenvalue weighted by molar-refractivity contribution is -0.120. The number of methoxy groups -OCH3 is 1. The molecule has 2 amide bonds. The molecule has 0 spiro atoms. The number of carbonyl (C=O) groups excluding carboxylic acids is 2. The Labute approximate surface area is 198 Å². The maximum atomic E-state index is 12.6. The Morgan fingerprint density at radius 1 is 1.26 bits per heavy atom. The highest BCUT2D eigenvalue weighted by atomic mass is 127. The van der Waals surface area contributed by atoms with E-state index in [1.54, 1.807) is 54.2 Å². The fourth-order valence-corrected chi connectivity index (χ4v) is 3.22. The zero-order valence-electron chi connectivity index (χ0n) is 17.9. The van der Waals surface area contributed by atoms with Gasteiger partial charge in [0.05, 0.1) is 19.0 Å². The molecule has 10 nitrogen and oxygen atoms in total. The third kappa shape index (κ3) is 6.32. The van der Waals surface area contributed by atoms with E-state index in [-0.39, 0.29) is 42.3 Å². The molecule has 1 saturated heterocycles. The van der Waals surface area contributed by atoms with Crippen molar-refractivity contribution >= 4 is 47.4 Å². The molecule has 1 aliphatic rings. The van der Waals surface area contributed by atoms with E-state index in [4.69, 9.17) is 4.74 Å². The van der Waals surface area contributed by atoms with Crippen LogP contribution < -0.4 is 20.3 Å². The summed E-state index contributed by atoms with van der Waals surface area (Å²) in [6.07, 6.45) is 3.51. The highest BCUT2D eigenvalue weighted by molar-refractivity contribution is 14.0. The van der Waals surface area contributed by atoms with Crippen molar-refractivity contribution in [1.82, 2.24) is 25.3 Å². The molecule has 0 radical (unpaired) electrons. The first-order valence-corrected chi connectivity index (χ1v) is 9.68. The third-order valence-corrected chi connectivity index (χ3v) is 4.76. The largest absolute Gasteiger partial charge is 0.497 e. The lowest BCUT2D eigenvalue weighted by Crippen LogP contribution is -2.55. The van der Waals surface area contributed by atoms with Crippen LogP contribution in [-0.4, -0.2) is 79.3 Å². The number of rotatable bonds is 6. The van der Waals surface area contributed by atoms with Crippen LogP contribution in [0.25, 0.3) is 0 Å². The van der Waals surface area contributed by atoms with Crippen molar-refractivity contribution in [3.05, 3.63) is 42.2 Å². The maximum absolute atomic E-state index is 12.6. The van der Waals surface area contributed by atoms with Crippen LogP contribution in [0, 0.1) is 0 Å². The zero-order valence-corrected chi connectivity index (χ0v) is 20.2. The van der Waals surface area contributed by atoms with Crippen LogP contribution in [0.3, 0.4) is 0 Å². The fourth-order valence-electron chi connectivity index (χ4n) is 3.22. The third-order valence-electron chi connectivity index (χ3n) is 4.76. The molecule has 31 heavy (non-hydrogen) atoms. The highest BCUT2D eigenvalue weighted by Crippen LogP contribution is 2.16. The number of carbonyl (C=O) groups is 2. The number of benzene rings is 1. The van der Waals surface area contributed by atoms with Crippen molar-refractivity contribution in [3.8, 4) is 5.75 Å². The van der Waals surface area contributed by atoms with Crippen molar-refractivity contribution < 1.29 is 14.3 Å². The number of anilines is 1. The van der Waals surface area contributed by atoms with Crippen molar-refractivity contribution in [2.24, 2.45) is 12.0 Å². The van der Waals surface area contributed by atoms with Gasteiger partial charge >= 0.3 is 0 Å². The summed E-state index contributed by atoms with van der Waals surface area (Å²) in [6, 6.07) is 6.99. The topological polar surface area (TPSA) is 104 Å². The standard InChI is InChI=1S/C20H27N7O3.HI/c1-21-20(23-8-7-22-19(29)15-5-4-6-17(11-15)30-3)26-9-10-27(18(28)14-26)16-12-24-25(2)13-16;/h4-6,11-13H,7-10,14H2,1-3H3,(H,21,23)(H,22,29);1H. The molecule has 1 aliphatic heterocycles. The Kier molecular flexibility index (Phi) is 9.09. The van der Waals surface area contributed by atoms with Gasteiger partial charge in [0.15, 0.2) is 5.96 Å². The number of amides is 2. The average Bonchev–Trinajstić information content (AvgIpc) is 3.19. The minimum absolute atomic E-state index is 0. The van der Waals surface area contributed by atoms with Crippen molar-refractivity contribution in [3.63, 3.8) is 0 Å². The van der Waals surface area contributed by atoms with Gasteiger partial charge in [-0.15, -0.1) is 24.0 Å². The lowest BCUT2D eigenvalue weighted by atomic mass is 10.2. The first kappa shape index (κ1) is 24.4. The monoisotopic (exact) mass is 541 g/mol. The van der Waals surface area contributed by atoms with Gasteiger partial charge in [0.2, 0.25) is 5.91 Å². The predicted molar refractivity (Wildman–Crippen MR) is 129 cm³/mol. The summed E-state index contributed by atoms with van der Waals surface area (Å²) in [5.74, 6) is 1.08. The van der Waals surface area contributed by atoms with Crippen LogP contribution in [0.2, 0.25) is 0 Å². The molecule has 0 aliphatic carbocycles. The number of nitrogens with one attached hydrogen (secondary N) is 2. The van der Waals surface area contributed by atoms with Gasteiger partial charge in [-0.2, -0.15) is 5.10 Å². The van der Waals surface area contributed by atoms with Gasteiger partial charge in [-0.3, -0.25) is 19.3 Å². The summed E-state index contributed by atoms with van der Waals surface area (Å²) in [5.41, 5.74) is 1.33. The predicted octanol–water partition coefficient (Wildman–Crippen LogP) is 0.701. The molecule has 1 fully saturated rings. The van der Waals surface area contributed by atoms with Crippen molar-refractivity contribution in [2.75, 3.05) is 51.8 Å². The number of hydrogen-bond donors (Lipinski definition) is 2. The van der Waals surface area contributed by atoms with Crippen LogP contribution in [0.15, 0.2) is 41.7 Å². The van der Waals surface area contributed by atoms with E-state index in [2.05, 4.69) is 20.7 Å². The first-order valence-electron chi connectivity index (χ1n) is 9.68. The van der Waals surface area contributed by atoms with Gasteiger partial charge in [0.25, 0.3) is 5.91 Å². The van der Waals surface area contributed by atoms with E-state index in [0.29, 0.717) is 43.5 Å². The Hall–Kier alpha value is -2.83. The molecule has 11 heteroatoms. The minimum atomic E-state index is -0.175. The van der Waals surface area contributed by atoms with Gasteiger partial charge < -0.3 is 25.2 Å². The van der Waals surface area contributed by atoms with E-state index in [1.165, 1.54) is 0 Å². The summed E-state index contributed by atoms with van der Waals surface area (Å²) < 4.78 is 6.82. The molecule has 0 unspecified atom stereocenters. The normalized spacial score (nSPS) is 14.2. The van der Waals surface area contributed by atoms with E-state index >= 15 is 0 Å². The second-order valence-corrected chi connectivity index (χ2v) is 6.80. The van der Waals surface area contributed by atoms with E-state index < -0.39 is 0 Å². The molecule has 1 aromatic heterocycles. The Balaban J connectivity index is 0.00000341. The molecular formula is C20H28IN7O3. The lowest BCUT2D eigenvalue weighted by Gasteiger charge is -2.35. The quantitative estimate of drug-likeness (QED) is 0.242. The van der Waals surface area contributed by atoms with Crippen LogP contribution in [0.1, 0.15) is 10.4 Å². The van der Waals surface area contributed by atoms with Crippen molar-refractivity contribution in [2.45, 2.75) is 0 Å². The summed E-state index contributed by atoms with van der Waals surface area (Å²) in [4.78, 5) is 32.7. The number of aryl methyl sites for hydroxylation is 1. The van der Waals surface area contributed by atoms with Crippen LogP contribution >= 0.6 is 24.0 Å². The van der Waals surface area contributed by atoms with Gasteiger partial charge in [-0.25, -0.2) is 0 Å². The molecule has 0 saturated carbocycles. The number of nitrogens with zero attached hydrogens (tertiary/aromatic N) is 5. The second-order valence-electron chi connectivity index (χ2n) is 6.80. The fraction of sp³-hybridized carbons (Fsp3) is 0.400. The zero-order chi connectivity index (χ0) is 21.5. The average molecular weight is 541 g/mol. The van der Waals surface area contributed by atoms with Crippen molar-refractivity contribution in [1.29, 1.82) is 0 Å². The van der Waals surface area contributed by atoms with Gasteiger partial charge in [-0.05, 0) is 18.2 Å². The Morgan fingerprint density at radius 3 is 2.68 bits per heavy atom. The Morgan fingerprint density at radius 2 is 2.03 bits per heavy atom. The van der Waals surface area contributed by atoms with Gasteiger partial charge in [-0.1, -0.05) is 6.07 Å². The summed E-state index contributed by atoms with van der Waals surface area (Å²) in [6.45, 7) is 2.33. The number of hydrogen-bond acceptors (Lipinski definition) is 5. The van der Waals surface area contributed by atoms with E-state index in [0.717, 1.165) is 5.69 Å². The van der Waals surface area contributed by atoms with E-state index in [9.17, 15) is 9.59 Å². The summed E-state index contributed by atoms with van der Waals surface area (Å²) in [5, 5.41) is 10.2. The number of halogens is 1. The molecule has 2 heterocycles. The molecule has 3 rings (SSSR count). The molecule has 2 aromatic rings. The van der Waals surface area contributed by atoms with Gasteiger partial charge in [0.1, 0.15) is 12.3 Å². The highest BCUT2D eigenvalue weighted by Gasteiger charge is 2.27. The molecule has 0 atom stereocenters. The number of guanidine groups is 1. The van der Waals surface area contributed by atoms with Crippen LogP contribution in [0.4, 0.5) is 5.69 Å². The number of aromatic nitrogens is 2. The molecule has 1 aromatic carbocycles. The number of ether oxygens (including phenoxy) is 1. The second kappa shape index (κ2) is 11.5. The number of aliphatic imine (C=N–C) groups is 1. The summed E-state index contributed by atoms with van der Waals surface area (Å²) >= 11 is 0. The molecule has 2 N–H and O–H groups in total.